The number of aliphatic hydroxyl groups is 1. The van der Waals surface area contributed by atoms with Crippen LogP contribution in [0.4, 0.5) is 0 Å². The minimum Gasteiger partial charge on any atom is -0.395 e. The normalized spacial score (nSPS) is 16.3. The summed E-state index contributed by atoms with van der Waals surface area (Å²) in [4.78, 5) is 13.1. The predicted octanol–water partition coefficient (Wildman–Crippen LogP) is 2.19. The van der Waals surface area contributed by atoms with E-state index < -0.39 is 5.41 Å². The molecule has 0 aliphatic heterocycles. The van der Waals surface area contributed by atoms with E-state index in [1.165, 1.54) is 4.90 Å². The van der Waals surface area contributed by atoms with Crippen LogP contribution in [0.25, 0.3) is 0 Å². The van der Waals surface area contributed by atoms with Crippen molar-refractivity contribution < 1.29 is 9.90 Å². The van der Waals surface area contributed by atoms with Gasteiger partial charge in [0.2, 0.25) is 5.91 Å². The Morgan fingerprint density at radius 2 is 2.06 bits per heavy atom. The summed E-state index contributed by atoms with van der Waals surface area (Å²) in [6, 6.07) is 8.23. The van der Waals surface area contributed by atoms with Gasteiger partial charge in [-0.1, -0.05) is 19.1 Å². The van der Waals surface area contributed by atoms with Crippen LogP contribution in [-0.4, -0.2) is 23.4 Å². The average Bonchev–Trinajstić information content (AvgIpc) is 3.19. The number of hydrogen-bond donors (Lipinski definition) is 2. The second-order valence-corrected chi connectivity index (χ2v) is 6.04. The fourth-order valence-corrected chi connectivity index (χ4v) is 2.51. The fourth-order valence-electron chi connectivity index (χ4n) is 1.85. The van der Waals surface area contributed by atoms with Crippen molar-refractivity contribution in [3.05, 3.63) is 29.8 Å². The lowest BCUT2D eigenvalue weighted by atomic mass is 10.1. The van der Waals surface area contributed by atoms with E-state index in [0.29, 0.717) is 6.54 Å². The van der Waals surface area contributed by atoms with Gasteiger partial charge in [0.15, 0.2) is 0 Å². The van der Waals surface area contributed by atoms with Crippen LogP contribution in [0.3, 0.4) is 0 Å². The first-order valence-corrected chi connectivity index (χ1v) is 7.29. The molecule has 1 aromatic rings. The lowest BCUT2D eigenvalue weighted by Crippen LogP contribution is -2.33. The smallest absolute Gasteiger partial charge is 0.228 e. The lowest BCUT2D eigenvalue weighted by molar-refractivity contribution is -0.127. The average molecular weight is 265 g/mol. The molecule has 0 aromatic heterocycles. The topological polar surface area (TPSA) is 49.3 Å². The molecule has 0 atom stereocenters. The molecule has 1 saturated carbocycles. The molecule has 1 aromatic carbocycles. The van der Waals surface area contributed by atoms with Crippen LogP contribution in [0.5, 0.6) is 0 Å². The highest BCUT2D eigenvalue weighted by atomic mass is 32.2. The van der Waals surface area contributed by atoms with Gasteiger partial charge in [-0.2, -0.15) is 0 Å². The van der Waals surface area contributed by atoms with Gasteiger partial charge in [0.1, 0.15) is 0 Å². The van der Waals surface area contributed by atoms with Crippen LogP contribution >= 0.6 is 11.8 Å². The number of carbonyl (C=O) groups is 1. The van der Waals surface area contributed by atoms with E-state index >= 15 is 0 Å². The summed E-state index contributed by atoms with van der Waals surface area (Å²) in [5.41, 5.74) is 0.621. The predicted molar refractivity (Wildman–Crippen MR) is 73.4 cm³/mol. The summed E-state index contributed by atoms with van der Waals surface area (Å²) in [6.07, 6.45) is 1.61. The van der Waals surface area contributed by atoms with Gasteiger partial charge < -0.3 is 10.4 Å². The molecule has 98 valence electrons. The number of thioether (sulfide) groups is 1. The van der Waals surface area contributed by atoms with E-state index in [-0.39, 0.29) is 12.5 Å². The van der Waals surface area contributed by atoms with Gasteiger partial charge >= 0.3 is 0 Å². The summed E-state index contributed by atoms with van der Waals surface area (Å²) in [7, 11) is 0. The highest BCUT2D eigenvalue weighted by Crippen LogP contribution is 2.45. The van der Waals surface area contributed by atoms with Crippen LogP contribution in [0.2, 0.25) is 0 Å². The molecule has 3 nitrogen and oxygen atoms in total. The Morgan fingerprint density at radius 3 is 2.56 bits per heavy atom. The van der Waals surface area contributed by atoms with Crippen molar-refractivity contribution in [2.45, 2.75) is 31.2 Å². The molecule has 4 heteroatoms. The quantitative estimate of drug-likeness (QED) is 0.775. The molecule has 2 N–H and O–H groups in total. The minimum absolute atomic E-state index is 0.0167. The maximum atomic E-state index is 11.8. The second-order valence-electron chi connectivity index (χ2n) is 4.70. The van der Waals surface area contributed by atoms with Gasteiger partial charge in [-0.15, -0.1) is 11.8 Å². The first-order chi connectivity index (χ1) is 8.70. The van der Waals surface area contributed by atoms with Gasteiger partial charge in [-0.05, 0) is 36.3 Å². The summed E-state index contributed by atoms with van der Waals surface area (Å²) in [6.45, 7) is 2.63. The number of nitrogens with one attached hydrogen (secondary N) is 1. The van der Waals surface area contributed by atoms with E-state index in [4.69, 9.17) is 5.11 Å². The second kappa shape index (κ2) is 5.76. The Labute approximate surface area is 112 Å². The van der Waals surface area contributed by atoms with Gasteiger partial charge in [-0.25, -0.2) is 0 Å². The third kappa shape index (κ3) is 3.06. The van der Waals surface area contributed by atoms with Crippen molar-refractivity contribution in [1.29, 1.82) is 0 Å². The SMILES string of the molecule is CCSc1ccc(CNC(=O)C2(CO)CC2)cc1. The molecule has 0 spiro atoms. The van der Waals surface area contributed by atoms with Gasteiger partial charge in [0, 0.05) is 11.4 Å². The highest BCUT2D eigenvalue weighted by molar-refractivity contribution is 7.99. The van der Waals surface area contributed by atoms with Crippen molar-refractivity contribution in [2.24, 2.45) is 5.41 Å². The Hall–Kier alpha value is -1.00. The third-order valence-electron chi connectivity index (χ3n) is 3.33. The molecular formula is C14H19NO2S. The number of rotatable bonds is 6. The number of amides is 1. The van der Waals surface area contributed by atoms with E-state index in [0.717, 1.165) is 24.2 Å². The maximum absolute atomic E-state index is 11.8. The Morgan fingerprint density at radius 1 is 1.39 bits per heavy atom. The summed E-state index contributed by atoms with van der Waals surface area (Å²) >= 11 is 1.81. The zero-order valence-corrected chi connectivity index (χ0v) is 11.4. The summed E-state index contributed by atoms with van der Waals surface area (Å²) < 4.78 is 0. The molecule has 18 heavy (non-hydrogen) atoms. The standard InChI is InChI=1S/C14H19NO2S/c1-2-18-12-5-3-11(4-6-12)9-15-13(17)14(10-16)7-8-14/h3-6,16H,2,7-10H2,1H3,(H,15,17). The largest absolute Gasteiger partial charge is 0.395 e. The third-order valence-corrected chi connectivity index (χ3v) is 4.22. The molecule has 1 fully saturated rings. The van der Waals surface area contributed by atoms with Crippen molar-refractivity contribution in [2.75, 3.05) is 12.4 Å². The molecule has 1 aliphatic carbocycles. The number of hydrogen-bond acceptors (Lipinski definition) is 3. The molecular weight excluding hydrogens is 246 g/mol. The monoisotopic (exact) mass is 265 g/mol. The van der Waals surface area contributed by atoms with Crippen LogP contribution in [0.15, 0.2) is 29.2 Å². The molecule has 0 radical (unpaired) electrons. The Balaban J connectivity index is 1.85. The van der Waals surface area contributed by atoms with Crippen molar-refractivity contribution in [1.82, 2.24) is 5.32 Å². The van der Waals surface area contributed by atoms with Crippen LogP contribution < -0.4 is 5.32 Å². The fraction of sp³-hybridized carbons (Fsp3) is 0.500. The zero-order valence-electron chi connectivity index (χ0n) is 10.6. The zero-order chi connectivity index (χ0) is 13.0. The van der Waals surface area contributed by atoms with Crippen molar-refractivity contribution in [3.63, 3.8) is 0 Å². The number of benzene rings is 1. The van der Waals surface area contributed by atoms with E-state index in [9.17, 15) is 4.79 Å². The van der Waals surface area contributed by atoms with Crippen molar-refractivity contribution in [3.8, 4) is 0 Å². The van der Waals surface area contributed by atoms with Gasteiger partial charge in [-0.3, -0.25) is 4.79 Å². The van der Waals surface area contributed by atoms with E-state index in [1.54, 1.807) is 11.8 Å². The van der Waals surface area contributed by atoms with Crippen molar-refractivity contribution >= 4 is 17.7 Å². The molecule has 0 bridgehead atoms. The molecule has 1 aliphatic rings. The lowest BCUT2D eigenvalue weighted by Gasteiger charge is -2.12. The molecule has 0 heterocycles. The van der Waals surface area contributed by atoms with E-state index in [2.05, 4.69) is 24.4 Å². The molecule has 1 amide bonds. The van der Waals surface area contributed by atoms with Crippen LogP contribution in [-0.2, 0) is 11.3 Å². The maximum Gasteiger partial charge on any atom is 0.228 e. The Kier molecular flexibility index (Phi) is 4.30. The van der Waals surface area contributed by atoms with Crippen LogP contribution in [0.1, 0.15) is 25.3 Å². The highest BCUT2D eigenvalue weighted by Gasteiger charge is 2.49. The van der Waals surface area contributed by atoms with Crippen LogP contribution in [0, 0.1) is 5.41 Å². The number of carbonyl (C=O) groups excluding carboxylic acids is 1. The summed E-state index contributed by atoms with van der Waals surface area (Å²) in [5, 5.41) is 12.1. The number of aliphatic hydroxyl groups excluding tert-OH is 1. The first kappa shape index (κ1) is 13.4. The first-order valence-electron chi connectivity index (χ1n) is 6.31. The molecule has 0 saturated heterocycles. The van der Waals surface area contributed by atoms with Gasteiger partial charge in [0.25, 0.3) is 0 Å². The summed E-state index contributed by atoms with van der Waals surface area (Å²) in [5.74, 6) is 1.05. The molecule has 0 unspecified atom stereocenters. The molecule has 2 rings (SSSR count). The minimum atomic E-state index is -0.474. The van der Waals surface area contributed by atoms with Gasteiger partial charge in [0.05, 0.1) is 12.0 Å². The van der Waals surface area contributed by atoms with E-state index in [1.807, 2.05) is 12.1 Å². The Bertz CT molecular complexity index is 412.